The Hall–Kier alpha value is -2.18. The van der Waals surface area contributed by atoms with E-state index in [4.69, 9.17) is 4.74 Å². The van der Waals surface area contributed by atoms with E-state index in [1.807, 2.05) is 31.2 Å². The molecular formula is C16H21N3O3. The van der Waals surface area contributed by atoms with Crippen LogP contribution in [0.15, 0.2) is 30.5 Å². The van der Waals surface area contributed by atoms with Crippen molar-refractivity contribution < 1.29 is 14.6 Å². The predicted molar refractivity (Wildman–Crippen MR) is 82.3 cm³/mol. The van der Waals surface area contributed by atoms with Crippen LogP contribution >= 0.6 is 0 Å². The van der Waals surface area contributed by atoms with Gasteiger partial charge in [0.05, 0.1) is 13.2 Å². The molecule has 0 saturated carbocycles. The van der Waals surface area contributed by atoms with Gasteiger partial charge in [-0.3, -0.25) is 9.69 Å². The van der Waals surface area contributed by atoms with E-state index in [2.05, 4.69) is 9.97 Å². The van der Waals surface area contributed by atoms with Gasteiger partial charge in [-0.1, -0.05) is 24.3 Å². The molecule has 0 saturated heterocycles. The molecule has 2 aromatic rings. The van der Waals surface area contributed by atoms with E-state index < -0.39 is 12.0 Å². The maximum atomic E-state index is 11.7. The lowest BCUT2D eigenvalue weighted by Gasteiger charge is -2.24. The number of carboxylic acid groups (broad SMARTS) is 1. The molecule has 0 radical (unpaired) electrons. The molecule has 0 aliphatic rings. The number of methoxy groups -OCH3 is 1. The number of hydrogen-bond acceptors (Lipinski definition) is 4. The number of aliphatic carboxylic acids is 1. The third kappa shape index (κ3) is 3.93. The van der Waals surface area contributed by atoms with Gasteiger partial charge in [0.25, 0.3) is 0 Å². The van der Waals surface area contributed by atoms with Crippen molar-refractivity contribution in [2.75, 3.05) is 14.2 Å². The van der Waals surface area contributed by atoms with Crippen molar-refractivity contribution in [3.63, 3.8) is 0 Å². The summed E-state index contributed by atoms with van der Waals surface area (Å²) in [4.78, 5) is 20.8. The Bertz CT molecular complexity index is 639. The van der Waals surface area contributed by atoms with Gasteiger partial charge in [0.15, 0.2) is 0 Å². The molecule has 0 spiro atoms. The third-order valence-corrected chi connectivity index (χ3v) is 3.41. The summed E-state index contributed by atoms with van der Waals surface area (Å²) in [7, 11) is 3.40. The molecular weight excluding hydrogens is 282 g/mol. The molecule has 22 heavy (non-hydrogen) atoms. The summed E-state index contributed by atoms with van der Waals surface area (Å²) in [5.74, 6) is -0.139. The first-order valence-electron chi connectivity index (χ1n) is 7.02. The Labute approximate surface area is 129 Å². The summed E-state index contributed by atoms with van der Waals surface area (Å²) < 4.78 is 5.11. The summed E-state index contributed by atoms with van der Waals surface area (Å²) in [6.45, 7) is 2.81. The molecule has 2 N–H and O–H groups in total. The number of nitrogens with zero attached hydrogens (tertiary/aromatic N) is 2. The van der Waals surface area contributed by atoms with E-state index in [1.165, 1.54) is 0 Å². The number of aryl methyl sites for hydroxylation is 1. The normalized spacial score (nSPS) is 12.5. The molecule has 118 valence electrons. The molecule has 0 aliphatic heterocycles. The number of rotatable bonds is 7. The van der Waals surface area contributed by atoms with Gasteiger partial charge in [0.2, 0.25) is 0 Å². The van der Waals surface area contributed by atoms with Gasteiger partial charge in [0.1, 0.15) is 11.9 Å². The van der Waals surface area contributed by atoms with Crippen LogP contribution in [0.4, 0.5) is 0 Å². The van der Waals surface area contributed by atoms with Gasteiger partial charge in [-0.25, -0.2) is 4.98 Å². The van der Waals surface area contributed by atoms with Gasteiger partial charge < -0.3 is 14.8 Å². The Balaban J connectivity index is 2.21. The van der Waals surface area contributed by atoms with Gasteiger partial charge in [-0.05, 0) is 25.1 Å². The Morgan fingerprint density at radius 1 is 1.50 bits per heavy atom. The summed E-state index contributed by atoms with van der Waals surface area (Å²) in [6, 6.07) is 6.72. The Morgan fingerprint density at radius 3 is 2.86 bits per heavy atom. The summed E-state index contributed by atoms with van der Waals surface area (Å²) in [6.07, 6.45) is 1.73. The minimum atomic E-state index is -0.889. The molecule has 1 aromatic carbocycles. The van der Waals surface area contributed by atoms with Gasteiger partial charge in [-0.2, -0.15) is 0 Å². The van der Waals surface area contributed by atoms with Crippen LogP contribution in [0, 0.1) is 6.92 Å². The van der Waals surface area contributed by atoms with Crippen LogP contribution in [0.2, 0.25) is 0 Å². The van der Waals surface area contributed by atoms with Gasteiger partial charge in [0, 0.05) is 19.0 Å². The maximum Gasteiger partial charge on any atom is 0.325 e. The highest BCUT2D eigenvalue weighted by molar-refractivity contribution is 5.75. The van der Waals surface area contributed by atoms with Crippen molar-refractivity contribution in [2.24, 2.45) is 0 Å². The number of imidazole rings is 1. The number of carboxylic acids is 1. The zero-order chi connectivity index (χ0) is 16.1. The first kappa shape index (κ1) is 16.2. The molecule has 0 amide bonds. The number of benzene rings is 1. The van der Waals surface area contributed by atoms with Crippen LogP contribution < -0.4 is 0 Å². The second-order valence-corrected chi connectivity index (χ2v) is 5.35. The first-order valence-corrected chi connectivity index (χ1v) is 7.02. The number of aromatic amines is 1. The highest BCUT2D eigenvalue weighted by Crippen LogP contribution is 2.22. The minimum absolute atomic E-state index is 0.430. The number of likely N-dealkylation sites (N-methyl/N-ethyl adjacent to an activating group) is 1. The molecule has 1 aromatic heterocycles. The second-order valence-electron chi connectivity index (χ2n) is 5.35. The quantitative estimate of drug-likeness (QED) is 0.819. The highest BCUT2D eigenvalue weighted by Gasteiger charge is 2.25. The summed E-state index contributed by atoms with van der Waals surface area (Å²) in [5.41, 5.74) is 2.64. The van der Waals surface area contributed by atoms with Crippen molar-refractivity contribution in [1.29, 1.82) is 0 Å². The monoisotopic (exact) mass is 303 g/mol. The van der Waals surface area contributed by atoms with E-state index in [0.29, 0.717) is 13.2 Å². The third-order valence-electron chi connectivity index (χ3n) is 3.41. The van der Waals surface area contributed by atoms with E-state index in [0.717, 1.165) is 22.6 Å². The topological polar surface area (TPSA) is 78.5 Å². The molecule has 1 heterocycles. The fourth-order valence-electron chi connectivity index (χ4n) is 2.48. The lowest BCUT2D eigenvalue weighted by atomic mass is 10.0. The average molecular weight is 303 g/mol. The average Bonchev–Trinajstić information content (AvgIpc) is 2.84. The van der Waals surface area contributed by atoms with Crippen molar-refractivity contribution >= 4 is 5.97 Å². The number of nitrogens with one attached hydrogen (secondary N) is 1. The zero-order valence-corrected chi connectivity index (χ0v) is 13.0. The summed E-state index contributed by atoms with van der Waals surface area (Å²) >= 11 is 0. The predicted octanol–water partition coefficient (Wildman–Crippen LogP) is 2.12. The molecule has 6 heteroatoms. The van der Waals surface area contributed by atoms with Crippen molar-refractivity contribution in [3.05, 3.63) is 53.1 Å². The van der Waals surface area contributed by atoms with Crippen molar-refractivity contribution in [2.45, 2.75) is 26.1 Å². The zero-order valence-electron chi connectivity index (χ0n) is 13.0. The van der Waals surface area contributed by atoms with E-state index in [9.17, 15) is 9.90 Å². The van der Waals surface area contributed by atoms with Crippen LogP contribution in [-0.4, -0.2) is 40.1 Å². The molecule has 0 aliphatic carbocycles. The largest absolute Gasteiger partial charge is 0.480 e. The summed E-state index contributed by atoms with van der Waals surface area (Å²) in [5, 5.41) is 9.60. The molecule has 0 bridgehead atoms. The number of H-pyrrole nitrogens is 1. The molecule has 1 unspecified atom stereocenters. The Morgan fingerprint density at radius 2 is 2.27 bits per heavy atom. The fourth-order valence-corrected chi connectivity index (χ4v) is 2.48. The maximum absolute atomic E-state index is 11.7. The Kier molecular flexibility index (Phi) is 5.30. The van der Waals surface area contributed by atoms with Crippen LogP contribution in [0.5, 0.6) is 0 Å². The van der Waals surface area contributed by atoms with Crippen molar-refractivity contribution in [1.82, 2.24) is 14.9 Å². The fraction of sp³-hybridized carbons (Fsp3) is 0.375. The lowest BCUT2D eigenvalue weighted by molar-refractivity contribution is -0.143. The van der Waals surface area contributed by atoms with E-state index >= 15 is 0 Å². The van der Waals surface area contributed by atoms with Gasteiger partial charge in [-0.15, -0.1) is 0 Å². The van der Waals surface area contributed by atoms with E-state index in [1.54, 1.807) is 25.3 Å². The smallest absolute Gasteiger partial charge is 0.325 e. The molecule has 0 fully saturated rings. The molecule has 2 rings (SSSR count). The number of carbonyl (C=O) groups is 1. The number of hydrogen-bond donors (Lipinski definition) is 2. The second kappa shape index (κ2) is 7.20. The van der Waals surface area contributed by atoms with Crippen LogP contribution in [0.25, 0.3) is 0 Å². The van der Waals surface area contributed by atoms with Crippen molar-refractivity contribution in [3.8, 4) is 0 Å². The van der Waals surface area contributed by atoms with Gasteiger partial charge >= 0.3 is 5.97 Å². The first-order chi connectivity index (χ1) is 10.5. The lowest BCUT2D eigenvalue weighted by Crippen LogP contribution is -2.31. The number of ether oxygens (including phenoxy) is 1. The van der Waals surface area contributed by atoms with Crippen LogP contribution in [0.3, 0.4) is 0 Å². The minimum Gasteiger partial charge on any atom is -0.480 e. The van der Waals surface area contributed by atoms with E-state index in [-0.39, 0.29) is 0 Å². The standard InChI is InChI=1S/C16H21N3O3/c1-11-8-17-14(18-11)9-19(2)15(16(20)21)13-6-4-5-12(7-13)10-22-3/h4-8,15H,9-10H2,1-3H3,(H,17,18)(H,20,21). The SMILES string of the molecule is COCc1cccc(C(C(=O)O)N(C)Cc2ncc(C)[nH]2)c1. The van der Waals surface area contributed by atoms with Crippen LogP contribution in [-0.2, 0) is 22.7 Å². The molecule has 1 atom stereocenters. The number of aromatic nitrogens is 2. The van der Waals surface area contributed by atoms with Crippen LogP contribution in [0.1, 0.15) is 28.7 Å². The highest BCUT2D eigenvalue weighted by atomic mass is 16.5. The molecule has 6 nitrogen and oxygen atoms in total.